The van der Waals surface area contributed by atoms with Crippen molar-refractivity contribution in [1.82, 2.24) is 9.78 Å². The standard InChI is InChI=1S/C14H13ClN2O3/c15-12-9-16-17(10-12)7-8-20-13-4-1-11(2-5-13)3-6-14(18)19/h1-6,9-10H,7-8H2,(H,18,19). The van der Waals surface area contributed by atoms with Gasteiger partial charge in [-0.3, -0.25) is 4.68 Å². The summed E-state index contributed by atoms with van der Waals surface area (Å²) in [7, 11) is 0. The monoisotopic (exact) mass is 292 g/mol. The second kappa shape index (κ2) is 6.77. The molecule has 104 valence electrons. The average Bonchev–Trinajstić information content (AvgIpc) is 2.83. The number of hydrogen-bond donors (Lipinski definition) is 1. The van der Waals surface area contributed by atoms with E-state index in [0.717, 1.165) is 17.4 Å². The van der Waals surface area contributed by atoms with E-state index in [1.807, 2.05) is 0 Å². The average molecular weight is 293 g/mol. The van der Waals surface area contributed by atoms with Crippen molar-refractivity contribution in [1.29, 1.82) is 0 Å². The second-order valence-electron chi connectivity index (χ2n) is 4.01. The topological polar surface area (TPSA) is 64.3 Å². The zero-order valence-corrected chi connectivity index (χ0v) is 11.3. The molecule has 0 aliphatic heterocycles. The molecule has 0 amide bonds. The van der Waals surface area contributed by atoms with E-state index in [2.05, 4.69) is 5.10 Å². The summed E-state index contributed by atoms with van der Waals surface area (Å²) >= 11 is 5.75. The number of benzene rings is 1. The molecule has 0 atom stereocenters. The Kier molecular flexibility index (Phi) is 4.79. The molecule has 1 N–H and O–H groups in total. The van der Waals surface area contributed by atoms with Crippen molar-refractivity contribution in [3.05, 3.63) is 53.3 Å². The minimum absolute atomic E-state index is 0.475. The lowest BCUT2D eigenvalue weighted by molar-refractivity contribution is -0.131. The molecule has 0 fully saturated rings. The first-order valence-electron chi connectivity index (χ1n) is 5.95. The SMILES string of the molecule is O=C(O)C=Cc1ccc(OCCn2cc(Cl)cn2)cc1. The maximum atomic E-state index is 10.4. The minimum Gasteiger partial charge on any atom is -0.492 e. The van der Waals surface area contributed by atoms with Crippen LogP contribution in [0.2, 0.25) is 5.02 Å². The Morgan fingerprint density at radius 1 is 1.40 bits per heavy atom. The van der Waals surface area contributed by atoms with Gasteiger partial charge in [-0.2, -0.15) is 5.10 Å². The van der Waals surface area contributed by atoms with Gasteiger partial charge >= 0.3 is 5.97 Å². The quantitative estimate of drug-likeness (QED) is 0.832. The van der Waals surface area contributed by atoms with Gasteiger partial charge in [-0.25, -0.2) is 4.79 Å². The molecule has 1 aromatic carbocycles. The number of ether oxygens (including phenoxy) is 1. The minimum atomic E-state index is -0.969. The fourth-order valence-electron chi connectivity index (χ4n) is 1.56. The lowest BCUT2D eigenvalue weighted by Gasteiger charge is -2.06. The van der Waals surface area contributed by atoms with Crippen LogP contribution in [0.15, 0.2) is 42.7 Å². The molecule has 1 heterocycles. The highest BCUT2D eigenvalue weighted by Gasteiger charge is 1.97. The molecule has 0 unspecified atom stereocenters. The Balaban J connectivity index is 1.83. The normalized spacial score (nSPS) is 10.8. The number of carbonyl (C=O) groups is 1. The molecule has 0 bridgehead atoms. The third-order valence-electron chi connectivity index (χ3n) is 2.49. The largest absolute Gasteiger partial charge is 0.492 e. The Morgan fingerprint density at radius 3 is 2.75 bits per heavy atom. The highest BCUT2D eigenvalue weighted by molar-refractivity contribution is 6.30. The summed E-state index contributed by atoms with van der Waals surface area (Å²) in [6.07, 6.45) is 5.92. The molecule has 2 aromatic rings. The Bertz CT molecular complexity index is 605. The maximum Gasteiger partial charge on any atom is 0.328 e. The Hall–Kier alpha value is -2.27. The lowest BCUT2D eigenvalue weighted by Crippen LogP contribution is -2.08. The highest BCUT2D eigenvalue weighted by atomic mass is 35.5. The van der Waals surface area contributed by atoms with Gasteiger partial charge in [0.15, 0.2) is 0 Å². The van der Waals surface area contributed by atoms with Crippen LogP contribution in [-0.2, 0) is 11.3 Å². The van der Waals surface area contributed by atoms with Gasteiger partial charge in [0.1, 0.15) is 12.4 Å². The van der Waals surface area contributed by atoms with Gasteiger partial charge in [0, 0.05) is 12.3 Å². The van der Waals surface area contributed by atoms with Crippen LogP contribution >= 0.6 is 11.6 Å². The van der Waals surface area contributed by atoms with Crippen LogP contribution in [0.5, 0.6) is 5.75 Å². The van der Waals surface area contributed by atoms with Crippen molar-refractivity contribution in [2.24, 2.45) is 0 Å². The Labute approximate surface area is 121 Å². The fraction of sp³-hybridized carbons (Fsp3) is 0.143. The van der Waals surface area contributed by atoms with Crippen LogP contribution in [-0.4, -0.2) is 27.5 Å². The van der Waals surface area contributed by atoms with Gasteiger partial charge in [0.05, 0.1) is 17.8 Å². The highest BCUT2D eigenvalue weighted by Crippen LogP contribution is 2.13. The van der Waals surface area contributed by atoms with Crippen LogP contribution in [0.4, 0.5) is 0 Å². The molecular formula is C14H13ClN2O3. The van der Waals surface area contributed by atoms with E-state index < -0.39 is 5.97 Å². The van der Waals surface area contributed by atoms with Crippen molar-refractivity contribution >= 4 is 23.6 Å². The van der Waals surface area contributed by atoms with E-state index in [0.29, 0.717) is 18.2 Å². The summed E-state index contributed by atoms with van der Waals surface area (Å²) in [5, 5.41) is 13.2. The van der Waals surface area contributed by atoms with Crippen LogP contribution in [0.3, 0.4) is 0 Å². The molecule has 1 aromatic heterocycles. The third-order valence-corrected chi connectivity index (χ3v) is 2.68. The summed E-state index contributed by atoms with van der Waals surface area (Å²) in [5.74, 6) is -0.251. The van der Waals surface area contributed by atoms with Crippen molar-refractivity contribution < 1.29 is 14.6 Å². The van der Waals surface area contributed by atoms with Gasteiger partial charge < -0.3 is 9.84 Å². The van der Waals surface area contributed by atoms with Crippen LogP contribution in [0.1, 0.15) is 5.56 Å². The molecule has 0 radical (unpaired) electrons. The molecule has 0 spiro atoms. The van der Waals surface area contributed by atoms with Crippen molar-refractivity contribution in [2.45, 2.75) is 6.54 Å². The van der Waals surface area contributed by atoms with E-state index in [9.17, 15) is 4.79 Å². The summed E-state index contributed by atoms with van der Waals surface area (Å²) < 4.78 is 7.26. The van der Waals surface area contributed by atoms with Gasteiger partial charge in [0.25, 0.3) is 0 Å². The summed E-state index contributed by atoms with van der Waals surface area (Å²) in [4.78, 5) is 10.4. The summed E-state index contributed by atoms with van der Waals surface area (Å²) in [6.45, 7) is 1.08. The predicted molar refractivity (Wildman–Crippen MR) is 75.8 cm³/mol. The first-order chi connectivity index (χ1) is 9.63. The van der Waals surface area contributed by atoms with Crippen molar-refractivity contribution in [3.63, 3.8) is 0 Å². The summed E-state index contributed by atoms with van der Waals surface area (Å²) in [5.41, 5.74) is 0.804. The molecule has 6 heteroatoms. The smallest absolute Gasteiger partial charge is 0.328 e. The van der Waals surface area contributed by atoms with E-state index in [1.165, 1.54) is 6.08 Å². The van der Waals surface area contributed by atoms with Crippen LogP contribution in [0, 0.1) is 0 Å². The number of nitrogens with zero attached hydrogens (tertiary/aromatic N) is 2. The van der Waals surface area contributed by atoms with Crippen molar-refractivity contribution in [2.75, 3.05) is 6.61 Å². The number of halogens is 1. The number of hydrogen-bond acceptors (Lipinski definition) is 3. The maximum absolute atomic E-state index is 10.4. The van der Waals surface area contributed by atoms with Crippen LogP contribution in [0.25, 0.3) is 6.08 Å². The van der Waals surface area contributed by atoms with E-state index in [-0.39, 0.29) is 0 Å². The molecule has 0 saturated heterocycles. The molecule has 20 heavy (non-hydrogen) atoms. The van der Waals surface area contributed by atoms with Gasteiger partial charge in [-0.1, -0.05) is 23.7 Å². The van der Waals surface area contributed by atoms with E-state index >= 15 is 0 Å². The molecule has 0 saturated carbocycles. The third kappa shape index (κ3) is 4.44. The number of carboxylic acids is 1. The number of carboxylic acid groups (broad SMARTS) is 1. The molecule has 0 aliphatic carbocycles. The van der Waals surface area contributed by atoms with Gasteiger partial charge in [0.2, 0.25) is 0 Å². The number of rotatable bonds is 6. The molecule has 2 rings (SSSR count). The predicted octanol–water partition coefficient (Wildman–Crippen LogP) is 2.71. The molecular weight excluding hydrogens is 280 g/mol. The first-order valence-corrected chi connectivity index (χ1v) is 6.33. The second-order valence-corrected chi connectivity index (χ2v) is 4.45. The van der Waals surface area contributed by atoms with Crippen molar-refractivity contribution in [3.8, 4) is 5.75 Å². The van der Waals surface area contributed by atoms with Gasteiger partial charge in [-0.15, -0.1) is 0 Å². The van der Waals surface area contributed by atoms with Crippen LogP contribution < -0.4 is 4.74 Å². The van der Waals surface area contributed by atoms with E-state index in [4.69, 9.17) is 21.4 Å². The number of aromatic nitrogens is 2. The number of aliphatic carboxylic acids is 1. The molecule has 0 aliphatic rings. The van der Waals surface area contributed by atoms with E-state index in [1.54, 1.807) is 41.3 Å². The first kappa shape index (κ1) is 14.1. The zero-order valence-electron chi connectivity index (χ0n) is 10.6. The zero-order chi connectivity index (χ0) is 14.4. The fourth-order valence-corrected chi connectivity index (χ4v) is 1.72. The summed E-state index contributed by atoms with van der Waals surface area (Å²) in [6, 6.07) is 7.16. The Morgan fingerprint density at radius 2 is 2.15 bits per heavy atom. The lowest BCUT2D eigenvalue weighted by atomic mass is 10.2. The van der Waals surface area contributed by atoms with Gasteiger partial charge in [-0.05, 0) is 23.8 Å². The molecule has 5 nitrogen and oxygen atoms in total.